The van der Waals surface area contributed by atoms with Crippen LogP contribution in [-0.4, -0.2) is 15.9 Å². The van der Waals surface area contributed by atoms with Crippen molar-refractivity contribution in [3.05, 3.63) is 95.6 Å². The fraction of sp³-hybridized carbons (Fsp3) is 0.0952. The molecule has 0 spiro atoms. The molecule has 124 valence electrons. The SMILES string of the molecule is O=C1c2ccccc2N[C@@H](c2cccc(O)c2)N1Cc1ccccc1. The van der Waals surface area contributed by atoms with E-state index < -0.39 is 0 Å². The molecule has 1 atom stereocenters. The Balaban J connectivity index is 1.77. The van der Waals surface area contributed by atoms with Gasteiger partial charge in [-0.2, -0.15) is 0 Å². The summed E-state index contributed by atoms with van der Waals surface area (Å²) in [6.45, 7) is 0.487. The summed E-state index contributed by atoms with van der Waals surface area (Å²) in [5, 5.41) is 13.3. The zero-order valence-corrected chi connectivity index (χ0v) is 13.6. The van der Waals surface area contributed by atoms with E-state index in [4.69, 9.17) is 0 Å². The molecule has 0 aromatic heterocycles. The summed E-state index contributed by atoms with van der Waals surface area (Å²) in [7, 11) is 0. The standard InChI is InChI=1S/C21H18N2O2/c24-17-10-6-9-16(13-17)20-22-19-12-5-4-11-18(19)21(25)23(20)14-15-7-2-1-3-8-15/h1-13,20,22,24H,14H2/t20-/m1/s1. The van der Waals surface area contributed by atoms with Crippen molar-refractivity contribution in [2.45, 2.75) is 12.7 Å². The first-order chi connectivity index (χ1) is 12.2. The van der Waals surface area contributed by atoms with E-state index in [1.54, 1.807) is 23.1 Å². The van der Waals surface area contributed by atoms with Gasteiger partial charge >= 0.3 is 0 Å². The summed E-state index contributed by atoms with van der Waals surface area (Å²) in [5.41, 5.74) is 3.38. The number of nitrogens with zero attached hydrogens (tertiary/aromatic N) is 1. The first-order valence-electron chi connectivity index (χ1n) is 8.22. The van der Waals surface area contributed by atoms with Crippen LogP contribution < -0.4 is 5.32 Å². The third kappa shape index (κ3) is 2.94. The van der Waals surface area contributed by atoms with Gasteiger partial charge in [0, 0.05) is 12.2 Å². The van der Waals surface area contributed by atoms with Crippen LogP contribution in [0.25, 0.3) is 0 Å². The molecule has 3 aromatic carbocycles. The number of phenols is 1. The molecular formula is C21H18N2O2. The molecule has 4 rings (SSSR count). The number of carbonyl (C=O) groups is 1. The minimum atomic E-state index is -0.338. The number of benzene rings is 3. The second-order valence-corrected chi connectivity index (χ2v) is 6.11. The van der Waals surface area contributed by atoms with Gasteiger partial charge in [-0.1, -0.05) is 54.6 Å². The van der Waals surface area contributed by atoms with Crippen molar-refractivity contribution in [3.63, 3.8) is 0 Å². The molecule has 0 aliphatic carbocycles. The van der Waals surface area contributed by atoms with Crippen LogP contribution in [0.4, 0.5) is 5.69 Å². The number of aromatic hydroxyl groups is 1. The van der Waals surface area contributed by atoms with Crippen LogP contribution in [0.1, 0.15) is 27.7 Å². The summed E-state index contributed by atoms with van der Waals surface area (Å²) in [6, 6.07) is 24.4. The average Bonchev–Trinajstić information content (AvgIpc) is 2.65. The van der Waals surface area contributed by atoms with E-state index in [0.717, 1.165) is 16.8 Å². The number of hydrogen-bond donors (Lipinski definition) is 2. The molecule has 0 saturated heterocycles. The minimum absolute atomic E-state index is 0.0217. The maximum Gasteiger partial charge on any atom is 0.258 e. The van der Waals surface area contributed by atoms with Crippen molar-refractivity contribution in [3.8, 4) is 5.75 Å². The monoisotopic (exact) mass is 330 g/mol. The predicted octanol–water partition coefficient (Wildman–Crippen LogP) is 4.16. The molecule has 2 N–H and O–H groups in total. The number of fused-ring (bicyclic) bond motifs is 1. The largest absolute Gasteiger partial charge is 0.508 e. The van der Waals surface area contributed by atoms with Gasteiger partial charge in [-0.05, 0) is 35.4 Å². The number of para-hydroxylation sites is 1. The molecule has 1 aliphatic rings. The van der Waals surface area contributed by atoms with Gasteiger partial charge in [-0.15, -0.1) is 0 Å². The van der Waals surface area contributed by atoms with Crippen molar-refractivity contribution < 1.29 is 9.90 Å². The first-order valence-corrected chi connectivity index (χ1v) is 8.22. The molecule has 1 heterocycles. The number of carbonyl (C=O) groups excluding carboxylic acids is 1. The van der Waals surface area contributed by atoms with Crippen molar-refractivity contribution in [2.24, 2.45) is 0 Å². The first kappa shape index (κ1) is 15.3. The predicted molar refractivity (Wildman–Crippen MR) is 97.2 cm³/mol. The van der Waals surface area contributed by atoms with Gasteiger partial charge in [0.05, 0.1) is 5.56 Å². The lowest BCUT2D eigenvalue weighted by Gasteiger charge is -2.38. The van der Waals surface area contributed by atoms with E-state index in [2.05, 4.69) is 5.32 Å². The van der Waals surface area contributed by atoms with Crippen LogP contribution in [-0.2, 0) is 6.54 Å². The van der Waals surface area contributed by atoms with Crippen LogP contribution in [0.15, 0.2) is 78.9 Å². The molecule has 3 aromatic rings. The lowest BCUT2D eigenvalue weighted by atomic mass is 10.0. The second kappa shape index (κ2) is 6.32. The maximum atomic E-state index is 13.1. The smallest absolute Gasteiger partial charge is 0.258 e. The number of anilines is 1. The van der Waals surface area contributed by atoms with Crippen LogP contribution >= 0.6 is 0 Å². The van der Waals surface area contributed by atoms with Gasteiger partial charge in [0.15, 0.2) is 0 Å². The summed E-state index contributed by atoms with van der Waals surface area (Å²) in [5.74, 6) is 0.164. The van der Waals surface area contributed by atoms with E-state index >= 15 is 0 Å². The van der Waals surface area contributed by atoms with Crippen LogP contribution in [0, 0.1) is 0 Å². The average molecular weight is 330 g/mol. The van der Waals surface area contributed by atoms with Crippen molar-refractivity contribution in [1.82, 2.24) is 4.90 Å². The van der Waals surface area contributed by atoms with Gasteiger partial charge in [0.2, 0.25) is 0 Å². The van der Waals surface area contributed by atoms with Gasteiger partial charge < -0.3 is 15.3 Å². The Morgan fingerprint density at radius 2 is 1.68 bits per heavy atom. The Kier molecular flexibility index (Phi) is 3.86. The van der Waals surface area contributed by atoms with Gasteiger partial charge in [-0.3, -0.25) is 4.79 Å². The molecule has 0 saturated carbocycles. The quantitative estimate of drug-likeness (QED) is 0.758. The summed E-state index contributed by atoms with van der Waals surface area (Å²) < 4.78 is 0. The van der Waals surface area contributed by atoms with Crippen LogP contribution in [0.5, 0.6) is 5.75 Å². The highest BCUT2D eigenvalue weighted by molar-refractivity contribution is 6.01. The summed E-state index contributed by atoms with van der Waals surface area (Å²) in [6.07, 6.45) is -0.338. The van der Waals surface area contributed by atoms with Gasteiger partial charge in [0.25, 0.3) is 5.91 Å². The van der Waals surface area contributed by atoms with Crippen LogP contribution in [0.3, 0.4) is 0 Å². The fourth-order valence-electron chi connectivity index (χ4n) is 3.19. The molecule has 4 nitrogen and oxygen atoms in total. The summed E-state index contributed by atoms with van der Waals surface area (Å²) >= 11 is 0. The lowest BCUT2D eigenvalue weighted by molar-refractivity contribution is 0.0666. The highest BCUT2D eigenvalue weighted by atomic mass is 16.3. The Labute approximate surface area is 146 Å². The fourth-order valence-corrected chi connectivity index (χ4v) is 3.19. The summed E-state index contributed by atoms with van der Waals surface area (Å²) in [4.78, 5) is 14.9. The topological polar surface area (TPSA) is 52.6 Å². The third-order valence-electron chi connectivity index (χ3n) is 4.40. The number of amides is 1. The Hall–Kier alpha value is -3.27. The molecule has 25 heavy (non-hydrogen) atoms. The molecule has 1 amide bonds. The molecule has 0 unspecified atom stereocenters. The highest BCUT2D eigenvalue weighted by Gasteiger charge is 2.32. The normalized spacial score (nSPS) is 16.2. The molecule has 4 heteroatoms. The van der Waals surface area contributed by atoms with Crippen molar-refractivity contribution in [1.29, 1.82) is 0 Å². The maximum absolute atomic E-state index is 13.1. The van der Waals surface area contributed by atoms with Gasteiger partial charge in [0.1, 0.15) is 11.9 Å². The highest BCUT2D eigenvalue weighted by Crippen LogP contribution is 2.34. The second-order valence-electron chi connectivity index (χ2n) is 6.11. The molecule has 0 fully saturated rings. The molecule has 0 bridgehead atoms. The number of phenolic OH excluding ortho intramolecular Hbond substituents is 1. The molecule has 1 aliphatic heterocycles. The van der Waals surface area contributed by atoms with Crippen molar-refractivity contribution >= 4 is 11.6 Å². The van der Waals surface area contributed by atoms with Crippen LogP contribution in [0.2, 0.25) is 0 Å². The number of hydrogen-bond acceptors (Lipinski definition) is 3. The molecular weight excluding hydrogens is 312 g/mol. The van der Waals surface area contributed by atoms with E-state index in [9.17, 15) is 9.90 Å². The molecule has 0 radical (unpaired) electrons. The van der Waals surface area contributed by atoms with E-state index in [0.29, 0.717) is 12.1 Å². The minimum Gasteiger partial charge on any atom is -0.508 e. The lowest BCUT2D eigenvalue weighted by Crippen LogP contribution is -2.42. The number of rotatable bonds is 3. The zero-order valence-electron chi connectivity index (χ0n) is 13.6. The van der Waals surface area contributed by atoms with Crippen molar-refractivity contribution in [2.75, 3.05) is 5.32 Å². The van der Waals surface area contributed by atoms with E-state index in [-0.39, 0.29) is 17.8 Å². The van der Waals surface area contributed by atoms with E-state index in [1.165, 1.54) is 0 Å². The third-order valence-corrected chi connectivity index (χ3v) is 4.40. The Bertz CT molecular complexity index is 909. The van der Waals surface area contributed by atoms with Gasteiger partial charge in [-0.25, -0.2) is 0 Å². The zero-order chi connectivity index (χ0) is 17.2. The Morgan fingerprint density at radius 3 is 2.48 bits per heavy atom. The number of nitrogens with one attached hydrogen (secondary N) is 1. The van der Waals surface area contributed by atoms with E-state index in [1.807, 2.05) is 60.7 Å². The Morgan fingerprint density at radius 1 is 0.920 bits per heavy atom.